The van der Waals surface area contributed by atoms with E-state index in [-0.39, 0.29) is 12.1 Å². The van der Waals surface area contributed by atoms with Crippen molar-refractivity contribution in [1.82, 2.24) is 15.0 Å². The van der Waals surface area contributed by atoms with E-state index in [4.69, 9.17) is 9.26 Å². The molecule has 118 valence electrons. The van der Waals surface area contributed by atoms with Crippen molar-refractivity contribution in [3.05, 3.63) is 22.7 Å². The molecule has 1 fully saturated rings. The van der Waals surface area contributed by atoms with Gasteiger partial charge in [-0.1, -0.05) is 5.16 Å². The quantitative estimate of drug-likeness (QED) is 0.840. The van der Waals surface area contributed by atoms with Crippen LogP contribution in [0.25, 0.3) is 11.4 Å². The van der Waals surface area contributed by atoms with E-state index in [1.54, 1.807) is 10.4 Å². The van der Waals surface area contributed by atoms with Crippen LogP contribution in [-0.2, 0) is 4.74 Å². The second-order valence-electron chi connectivity index (χ2n) is 6.32. The zero-order valence-electron chi connectivity index (χ0n) is 12.9. The van der Waals surface area contributed by atoms with Crippen LogP contribution in [-0.4, -0.2) is 33.3 Å². The van der Waals surface area contributed by atoms with E-state index in [1.807, 2.05) is 32.2 Å². The molecule has 1 amide bonds. The predicted octanol–water partition coefficient (Wildman–Crippen LogP) is 3.87. The Bertz CT molecular complexity index is 645. The molecule has 0 aromatic carbocycles. The second kappa shape index (κ2) is 5.72. The van der Waals surface area contributed by atoms with E-state index in [1.165, 1.54) is 11.3 Å². The monoisotopic (exact) mass is 321 g/mol. The Hall–Kier alpha value is -1.89. The third kappa shape index (κ3) is 3.14. The van der Waals surface area contributed by atoms with Gasteiger partial charge in [0.2, 0.25) is 0 Å². The Morgan fingerprint density at radius 3 is 2.95 bits per heavy atom. The zero-order valence-corrected chi connectivity index (χ0v) is 13.7. The Morgan fingerprint density at radius 1 is 1.45 bits per heavy atom. The van der Waals surface area contributed by atoms with Crippen molar-refractivity contribution in [3.63, 3.8) is 0 Å². The molecule has 1 unspecified atom stereocenters. The van der Waals surface area contributed by atoms with Gasteiger partial charge in [-0.05, 0) is 33.6 Å². The van der Waals surface area contributed by atoms with Crippen molar-refractivity contribution in [2.24, 2.45) is 0 Å². The van der Waals surface area contributed by atoms with Crippen LogP contribution in [0.1, 0.15) is 45.4 Å². The Morgan fingerprint density at radius 2 is 2.27 bits per heavy atom. The van der Waals surface area contributed by atoms with Crippen LogP contribution in [0.5, 0.6) is 0 Å². The minimum atomic E-state index is -0.503. The summed E-state index contributed by atoms with van der Waals surface area (Å²) in [6.45, 7) is 6.27. The molecular formula is C15H19N3O3S. The van der Waals surface area contributed by atoms with Gasteiger partial charge in [-0.2, -0.15) is 0 Å². The van der Waals surface area contributed by atoms with Crippen molar-refractivity contribution in [3.8, 4) is 11.4 Å². The summed E-state index contributed by atoms with van der Waals surface area (Å²) in [7, 11) is 0. The maximum Gasteiger partial charge on any atom is 0.410 e. The lowest BCUT2D eigenvalue weighted by molar-refractivity contribution is 0.0204. The molecule has 3 rings (SSSR count). The fraction of sp³-hybridized carbons (Fsp3) is 0.533. The van der Waals surface area contributed by atoms with Gasteiger partial charge in [-0.3, -0.25) is 4.90 Å². The fourth-order valence-electron chi connectivity index (χ4n) is 2.51. The number of hydrogen-bond donors (Lipinski definition) is 0. The SMILES string of the molecule is CC(C)(C)OC(=O)N1CCCC1c1cc(-c2cscn2)no1. The largest absolute Gasteiger partial charge is 0.444 e. The molecule has 3 heterocycles. The molecule has 1 aliphatic heterocycles. The van der Waals surface area contributed by atoms with E-state index >= 15 is 0 Å². The lowest BCUT2D eigenvalue weighted by atomic mass is 10.1. The van der Waals surface area contributed by atoms with Gasteiger partial charge in [-0.15, -0.1) is 11.3 Å². The van der Waals surface area contributed by atoms with Crippen LogP contribution in [0.4, 0.5) is 4.79 Å². The lowest BCUT2D eigenvalue weighted by Gasteiger charge is -2.27. The van der Waals surface area contributed by atoms with Gasteiger partial charge < -0.3 is 9.26 Å². The van der Waals surface area contributed by atoms with Gasteiger partial charge in [0.15, 0.2) is 5.76 Å². The maximum atomic E-state index is 12.3. The molecule has 0 bridgehead atoms. The molecule has 1 aliphatic rings. The third-order valence-corrected chi connectivity index (χ3v) is 4.02. The number of hydrogen-bond acceptors (Lipinski definition) is 6. The van der Waals surface area contributed by atoms with Gasteiger partial charge in [0, 0.05) is 18.0 Å². The van der Waals surface area contributed by atoms with E-state index in [9.17, 15) is 4.79 Å². The van der Waals surface area contributed by atoms with Crippen LogP contribution in [0, 0.1) is 0 Å². The average molecular weight is 321 g/mol. The number of carbonyl (C=O) groups is 1. The summed E-state index contributed by atoms with van der Waals surface area (Å²) in [4.78, 5) is 18.2. The molecule has 6 nitrogen and oxygen atoms in total. The molecule has 7 heteroatoms. The van der Waals surface area contributed by atoms with E-state index < -0.39 is 5.60 Å². The minimum absolute atomic E-state index is 0.116. The molecule has 0 aliphatic carbocycles. The standard InChI is InChI=1S/C15H19N3O3S/c1-15(2,3)20-14(19)18-6-4-5-12(18)13-7-10(17-21-13)11-8-22-9-16-11/h7-9,12H,4-6H2,1-3H3. The summed E-state index contributed by atoms with van der Waals surface area (Å²) in [5.74, 6) is 0.686. The number of carbonyl (C=O) groups excluding carboxylic acids is 1. The first-order valence-electron chi connectivity index (χ1n) is 7.29. The lowest BCUT2D eigenvalue weighted by Crippen LogP contribution is -2.36. The number of nitrogens with zero attached hydrogens (tertiary/aromatic N) is 3. The summed E-state index contributed by atoms with van der Waals surface area (Å²) >= 11 is 1.51. The van der Waals surface area contributed by atoms with Crippen LogP contribution < -0.4 is 0 Å². The molecule has 22 heavy (non-hydrogen) atoms. The first kappa shape index (κ1) is 15.0. The molecule has 0 radical (unpaired) electrons. The molecule has 1 atom stereocenters. The molecule has 0 spiro atoms. The van der Waals surface area contributed by atoms with Gasteiger partial charge in [0.1, 0.15) is 17.0 Å². The summed E-state index contributed by atoms with van der Waals surface area (Å²) in [6, 6.07) is 1.75. The zero-order chi connectivity index (χ0) is 15.7. The summed E-state index contributed by atoms with van der Waals surface area (Å²) in [6.07, 6.45) is 1.48. The van der Waals surface area contributed by atoms with Crippen LogP contribution in [0.2, 0.25) is 0 Å². The molecule has 0 N–H and O–H groups in total. The van der Waals surface area contributed by atoms with Crippen LogP contribution in [0.15, 0.2) is 21.5 Å². The van der Waals surface area contributed by atoms with E-state index in [2.05, 4.69) is 10.1 Å². The molecule has 0 saturated carbocycles. The van der Waals surface area contributed by atoms with Crippen molar-refractivity contribution in [2.75, 3.05) is 6.54 Å². The molecular weight excluding hydrogens is 302 g/mol. The Kier molecular flexibility index (Phi) is 3.90. The fourth-order valence-corrected chi connectivity index (χ4v) is 3.05. The van der Waals surface area contributed by atoms with E-state index in [0.29, 0.717) is 18.0 Å². The summed E-state index contributed by atoms with van der Waals surface area (Å²) < 4.78 is 10.9. The van der Waals surface area contributed by atoms with Gasteiger partial charge >= 0.3 is 6.09 Å². The topological polar surface area (TPSA) is 68.5 Å². The highest BCUT2D eigenvalue weighted by molar-refractivity contribution is 7.07. The first-order valence-corrected chi connectivity index (χ1v) is 8.23. The molecule has 2 aromatic rings. The van der Waals surface area contributed by atoms with Crippen LogP contribution in [0.3, 0.4) is 0 Å². The number of rotatable bonds is 2. The minimum Gasteiger partial charge on any atom is -0.444 e. The number of amides is 1. The van der Waals surface area contributed by atoms with Crippen LogP contribution >= 0.6 is 11.3 Å². The highest BCUT2D eigenvalue weighted by Crippen LogP contribution is 2.34. The predicted molar refractivity (Wildman–Crippen MR) is 82.5 cm³/mol. The van der Waals surface area contributed by atoms with Crippen molar-refractivity contribution < 1.29 is 14.1 Å². The van der Waals surface area contributed by atoms with Crippen molar-refractivity contribution in [1.29, 1.82) is 0 Å². The maximum absolute atomic E-state index is 12.3. The summed E-state index contributed by atoms with van der Waals surface area (Å²) in [5.41, 5.74) is 2.75. The van der Waals surface area contributed by atoms with E-state index in [0.717, 1.165) is 18.5 Å². The van der Waals surface area contributed by atoms with Crippen molar-refractivity contribution >= 4 is 17.4 Å². The third-order valence-electron chi connectivity index (χ3n) is 3.43. The van der Waals surface area contributed by atoms with Crippen molar-refractivity contribution in [2.45, 2.75) is 45.3 Å². The van der Waals surface area contributed by atoms with Gasteiger partial charge in [0.05, 0.1) is 11.6 Å². The number of ether oxygens (including phenoxy) is 1. The molecule has 1 saturated heterocycles. The second-order valence-corrected chi connectivity index (χ2v) is 7.04. The Labute approximate surface area is 133 Å². The number of thiazole rings is 1. The van der Waals surface area contributed by atoms with Gasteiger partial charge in [0.25, 0.3) is 0 Å². The highest BCUT2D eigenvalue weighted by Gasteiger charge is 2.35. The highest BCUT2D eigenvalue weighted by atomic mass is 32.1. The average Bonchev–Trinajstić information content (AvgIpc) is 3.17. The van der Waals surface area contributed by atoms with Gasteiger partial charge in [-0.25, -0.2) is 9.78 Å². The Balaban J connectivity index is 1.77. The number of aromatic nitrogens is 2. The normalized spacial score (nSPS) is 18.7. The first-order chi connectivity index (χ1) is 10.4. The summed E-state index contributed by atoms with van der Waals surface area (Å²) in [5, 5.41) is 5.98. The molecule has 2 aromatic heterocycles. The smallest absolute Gasteiger partial charge is 0.410 e. The number of likely N-dealkylation sites (tertiary alicyclic amines) is 1.